The first-order valence-electron chi connectivity index (χ1n) is 6.56. The van der Waals surface area contributed by atoms with Gasteiger partial charge in [-0.15, -0.1) is 0 Å². The summed E-state index contributed by atoms with van der Waals surface area (Å²) in [6.07, 6.45) is 4.32. The number of furan rings is 1. The quantitative estimate of drug-likeness (QED) is 0.811. The molecule has 3 nitrogen and oxygen atoms in total. The third kappa shape index (κ3) is 2.50. The number of carbonyl (C=O) groups excluding carboxylic acids is 1. The molecule has 1 aromatic heterocycles. The molecule has 2 rings (SSSR count). The number of nitrogens with one attached hydrogen (secondary N) is 1. The summed E-state index contributed by atoms with van der Waals surface area (Å²) in [4.78, 5) is 11.8. The Morgan fingerprint density at radius 3 is 2.56 bits per heavy atom. The van der Waals surface area contributed by atoms with Crippen LogP contribution >= 0.6 is 0 Å². The van der Waals surface area contributed by atoms with E-state index in [-0.39, 0.29) is 11.7 Å². The van der Waals surface area contributed by atoms with Gasteiger partial charge in [0, 0.05) is 12.6 Å². The van der Waals surface area contributed by atoms with E-state index in [9.17, 15) is 4.79 Å². The largest absolute Gasteiger partial charge is 0.463 e. The van der Waals surface area contributed by atoms with Crippen LogP contribution in [0.1, 0.15) is 50.9 Å². The third-order valence-corrected chi connectivity index (χ3v) is 3.39. The molecule has 0 radical (unpaired) electrons. The molecule has 18 heavy (non-hydrogen) atoms. The molecule has 0 bridgehead atoms. The Bertz CT molecular complexity index is 478. The lowest BCUT2D eigenvalue weighted by molar-refractivity contribution is -0.114. The van der Waals surface area contributed by atoms with Gasteiger partial charge in [-0.2, -0.15) is 0 Å². The van der Waals surface area contributed by atoms with Crippen molar-refractivity contribution in [1.29, 1.82) is 0 Å². The van der Waals surface area contributed by atoms with E-state index in [0.29, 0.717) is 5.92 Å². The molecule has 1 N–H and O–H groups in total. The van der Waals surface area contributed by atoms with Gasteiger partial charge in [-0.25, -0.2) is 0 Å². The van der Waals surface area contributed by atoms with E-state index in [0.717, 1.165) is 17.0 Å². The number of rotatable bonds is 5. The zero-order chi connectivity index (χ0) is 13.3. The van der Waals surface area contributed by atoms with Crippen LogP contribution in [0.5, 0.6) is 0 Å². The molecule has 0 unspecified atom stereocenters. The fourth-order valence-electron chi connectivity index (χ4n) is 2.37. The lowest BCUT2D eigenvalue weighted by Crippen LogP contribution is -2.15. The van der Waals surface area contributed by atoms with Crippen molar-refractivity contribution < 1.29 is 9.21 Å². The molecule has 1 saturated carbocycles. The van der Waals surface area contributed by atoms with E-state index >= 15 is 0 Å². The summed E-state index contributed by atoms with van der Waals surface area (Å²) in [5.41, 5.74) is 2.88. The topological polar surface area (TPSA) is 42.2 Å². The molecule has 0 amide bonds. The summed E-state index contributed by atoms with van der Waals surface area (Å²) in [7, 11) is 1.83. The summed E-state index contributed by atoms with van der Waals surface area (Å²) >= 11 is 0. The number of carbonyl (C=O) groups is 1. The number of allylic oxidation sites excluding steroid dienone is 1. The van der Waals surface area contributed by atoms with Crippen LogP contribution in [0.4, 0.5) is 0 Å². The Kier molecular flexibility index (Phi) is 3.60. The average Bonchev–Trinajstić information content (AvgIpc) is 3.04. The highest BCUT2D eigenvalue weighted by Crippen LogP contribution is 2.41. The van der Waals surface area contributed by atoms with Gasteiger partial charge < -0.3 is 9.73 Å². The van der Waals surface area contributed by atoms with Gasteiger partial charge >= 0.3 is 0 Å². The second kappa shape index (κ2) is 5.01. The molecular formula is C15H21NO2. The first-order chi connectivity index (χ1) is 8.54. The number of Topliss-reactive ketones (excluding diaryl/α,β-unsaturated/α-hetero) is 1. The van der Waals surface area contributed by atoms with Gasteiger partial charge in [0.05, 0.1) is 12.0 Å². The summed E-state index contributed by atoms with van der Waals surface area (Å²) in [5, 5.41) is 3.12. The van der Waals surface area contributed by atoms with Crippen LogP contribution in [0, 0.1) is 5.92 Å². The van der Waals surface area contributed by atoms with Gasteiger partial charge in [0.25, 0.3) is 0 Å². The van der Waals surface area contributed by atoms with Crippen molar-refractivity contribution in [2.24, 2.45) is 5.92 Å². The molecule has 1 heterocycles. The third-order valence-electron chi connectivity index (χ3n) is 3.39. The Hall–Kier alpha value is -1.51. The predicted octanol–water partition coefficient (Wildman–Crippen LogP) is 3.33. The Morgan fingerprint density at radius 2 is 2.11 bits per heavy atom. The van der Waals surface area contributed by atoms with Crippen LogP contribution in [0.3, 0.4) is 0 Å². The van der Waals surface area contributed by atoms with Crippen molar-refractivity contribution in [3.05, 3.63) is 29.2 Å². The van der Waals surface area contributed by atoms with Crippen LogP contribution < -0.4 is 5.32 Å². The molecule has 0 saturated heterocycles. The normalized spacial score (nSPS) is 16.7. The van der Waals surface area contributed by atoms with Gasteiger partial charge in [0.2, 0.25) is 0 Å². The standard InChI is InChI=1S/C15H21NO2/c1-9(2)14(10(3)17)15(16-4)13-7-12(8-18-13)11-5-6-11/h7-9,11,16H,5-6H2,1-4H3/b15-14-. The van der Waals surface area contributed by atoms with Crippen LogP contribution in [0.2, 0.25) is 0 Å². The lowest BCUT2D eigenvalue weighted by atomic mass is 9.96. The van der Waals surface area contributed by atoms with E-state index < -0.39 is 0 Å². The molecular weight excluding hydrogens is 226 g/mol. The van der Waals surface area contributed by atoms with Gasteiger partial charge in [-0.1, -0.05) is 13.8 Å². The molecule has 3 heteroatoms. The molecule has 1 aliphatic rings. The summed E-state index contributed by atoms with van der Waals surface area (Å²) < 4.78 is 5.63. The first-order valence-corrected chi connectivity index (χ1v) is 6.56. The van der Waals surface area contributed by atoms with E-state index in [4.69, 9.17) is 4.42 Å². The number of hydrogen-bond acceptors (Lipinski definition) is 3. The Morgan fingerprint density at radius 1 is 1.44 bits per heavy atom. The predicted molar refractivity (Wildman–Crippen MR) is 72.2 cm³/mol. The van der Waals surface area contributed by atoms with Gasteiger partial charge in [0.1, 0.15) is 5.76 Å². The average molecular weight is 247 g/mol. The summed E-state index contributed by atoms with van der Waals surface area (Å²) in [6.45, 7) is 5.66. The van der Waals surface area contributed by atoms with Crippen molar-refractivity contribution in [1.82, 2.24) is 5.32 Å². The van der Waals surface area contributed by atoms with E-state index in [1.54, 1.807) is 6.92 Å². The summed E-state index contributed by atoms with van der Waals surface area (Å²) in [5.74, 6) is 1.72. The molecule has 0 aromatic carbocycles. The maximum atomic E-state index is 11.8. The highest BCUT2D eigenvalue weighted by atomic mass is 16.3. The highest BCUT2D eigenvalue weighted by Gasteiger charge is 2.26. The fourth-order valence-corrected chi connectivity index (χ4v) is 2.37. The number of hydrogen-bond donors (Lipinski definition) is 1. The van der Waals surface area contributed by atoms with Gasteiger partial charge in [-0.05, 0) is 43.2 Å². The molecule has 1 aromatic rings. The maximum absolute atomic E-state index is 11.8. The molecule has 1 fully saturated rings. The zero-order valence-corrected chi connectivity index (χ0v) is 11.5. The fraction of sp³-hybridized carbons (Fsp3) is 0.533. The minimum absolute atomic E-state index is 0.0960. The van der Waals surface area contributed by atoms with Crippen molar-refractivity contribution in [2.45, 2.75) is 39.5 Å². The minimum atomic E-state index is 0.0960. The van der Waals surface area contributed by atoms with Crippen molar-refractivity contribution in [3.8, 4) is 0 Å². The Labute approximate surface area is 108 Å². The van der Waals surface area contributed by atoms with Crippen LogP contribution in [0.15, 0.2) is 22.3 Å². The number of ketones is 1. The summed E-state index contributed by atoms with van der Waals surface area (Å²) in [6, 6.07) is 2.06. The zero-order valence-electron chi connectivity index (χ0n) is 11.5. The molecule has 1 aliphatic carbocycles. The molecule has 0 spiro atoms. The van der Waals surface area contributed by atoms with E-state index in [1.165, 1.54) is 18.4 Å². The lowest BCUT2D eigenvalue weighted by Gasteiger charge is -2.14. The molecule has 98 valence electrons. The second-order valence-corrected chi connectivity index (χ2v) is 5.27. The van der Waals surface area contributed by atoms with E-state index in [1.807, 2.05) is 27.2 Å². The van der Waals surface area contributed by atoms with Crippen molar-refractivity contribution in [2.75, 3.05) is 7.05 Å². The Balaban J connectivity index is 2.40. The van der Waals surface area contributed by atoms with Gasteiger partial charge in [-0.3, -0.25) is 4.79 Å². The molecule has 0 aliphatic heterocycles. The van der Waals surface area contributed by atoms with E-state index in [2.05, 4.69) is 11.4 Å². The van der Waals surface area contributed by atoms with Crippen LogP contribution in [-0.2, 0) is 4.79 Å². The van der Waals surface area contributed by atoms with Crippen LogP contribution in [-0.4, -0.2) is 12.8 Å². The van der Waals surface area contributed by atoms with Gasteiger partial charge in [0.15, 0.2) is 5.78 Å². The van der Waals surface area contributed by atoms with Crippen LogP contribution in [0.25, 0.3) is 5.70 Å². The maximum Gasteiger partial charge on any atom is 0.158 e. The van der Waals surface area contributed by atoms with Crippen molar-refractivity contribution in [3.63, 3.8) is 0 Å². The highest BCUT2D eigenvalue weighted by molar-refractivity contribution is 6.00. The van der Waals surface area contributed by atoms with Crippen molar-refractivity contribution >= 4 is 11.5 Å². The first kappa shape index (κ1) is 12.9. The monoisotopic (exact) mass is 247 g/mol. The minimum Gasteiger partial charge on any atom is -0.463 e. The smallest absolute Gasteiger partial charge is 0.158 e. The second-order valence-electron chi connectivity index (χ2n) is 5.27. The SMILES string of the molecule is CN/C(=C(\C(C)=O)C(C)C)c1cc(C2CC2)co1. The molecule has 0 atom stereocenters.